The number of ether oxygens (including phenoxy) is 1. The largest absolute Gasteiger partial charge is 0.484 e. The topological polar surface area (TPSA) is 120 Å². The number of nitrogens with zero attached hydrogens (tertiary/aromatic N) is 4. The van der Waals surface area contributed by atoms with Crippen LogP contribution < -0.4 is 4.74 Å². The molecule has 3 aliphatic carbocycles. The second kappa shape index (κ2) is 9.23. The zero-order chi connectivity index (χ0) is 29.2. The number of alkyl halides is 5. The molecule has 3 aromatic rings. The fraction of sp³-hybridized carbons (Fsp3) is 0.435. The summed E-state index contributed by atoms with van der Waals surface area (Å²) >= 11 is 0. The summed E-state index contributed by atoms with van der Waals surface area (Å²) in [6.45, 7) is -2.64. The Morgan fingerprint density at radius 2 is 1.65 bits per heavy atom. The Morgan fingerprint density at radius 3 is 2.17 bits per heavy atom. The molecule has 40 heavy (non-hydrogen) atoms. The smallest absolute Gasteiger partial charge is 0.470 e. The first-order chi connectivity index (χ1) is 18.5. The van der Waals surface area contributed by atoms with Gasteiger partial charge in [0.15, 0.2) is 12.2 Å². The van der Waals surface area contributed by atoms with Gasteiger partial charge < -0.3 is 14.5 Å². The maximum atomic E-state index is 16.7. The normalized spacial score (nSPS) is 24.1. The summed E-state index contributed by atoms with van der Waals surface area (Å²) < 4.78 is 122. The average Bonchev–Trinajstić information content (AvgIpc) is 3.27. The third kappa shape index (κ3) is 4.76. The van der Waals surface area contributed by atoms with Crippen molar-refractivity contribution in [3.63, 3.8) is 0 Å². The molecule has 2 aromatic carbocycles. The predicted molar refractivity (Wildman–Crippen MR) is 120 cm³/mol. The van der Waals surface area contributed by atoms with Crippen LogP contribution in [0.5, 0.6) is 5.75 Å². The zero-order valence-electron chi connectivity index (χ0n) is 20.2. The van der Waals surface area contributed by atoms with Crippen LogP contribution in [0.3, 0.4) is 0 Å². The van der Waals surface area contributed by atoms with Crippen LogP contribution in [0, 0.1) is 17.0 Å². The molecule has 2 N–H and O–H groups in total. The number of tetrazole rings is 1. The van der Waals surface area contributed by atoms with Crippen LogP contribution in [-0.4, -0.2) is 48.7 Å². The van der Waals surface area contributed by atoms with Gasteiger partial charge in [-0.3, -0.25) is 4.52 Å². The molecular weight excluding hydrogens is 576 g/mol. The number of aromatic nitrogens is 4. The first-order valence-electron chi connectivity index (χ1n) is 11.6. The van der Waals surface area contributed by atoms with Crippen LogP contribution in [0.15, 0.2) is 48.8 Å². The van der Waals surface area contributed by atoms with Crippen LogP contribution in [0.25, 0.3) is 0 Å². The highest BCUT2D eigenvalue weighted by Crippen LogP contribution is 2.81. The van der Waals surface area contributed by atoms with E-state index < -0.39 is 66.7 Å². The third-order valence-electron chi connectivity index (χ3n) is 7.49. The number of benzene rings is 2. The molecule has 6 rings (SSSR count). The molecule has 0 spiro atoms. The van der Waals surface area contributed by atoms with Crippen LogP contribution in [-0.2, 0) is 26.6 Å². The molecule has 3 saturated carbocycles. The van der Waals surface area contributed by atoms with Gasteiger partial charge in [-0.05, 0) is 64.9 Å². The van der Waals surface area contributed by atoms with Gasteiger partial charge in [0.25, 0.3) is 5.92 Å². The number of phosphoric ester groups is 1. The van der Waals surface area contributed by atoms with Crippen molar-refractivity contribution in [2.24, 2.45) is 5.41 Å². The minimum Gasteiger partial charge on any atom is -0.484 e. The van der Waals surface area contributed by atoms with Gasteiger partial charge in [0.05, 0.1) is 6.54 Å². The van der Waals surface area contributed by atoms with Crippen LogP contribution in [0.1, 0.15) is 30.4 Å². The Morgan fingerprint density at radius 1 is 1.00 bits per heavy atom. The maximum absolute atomic E-state index is 16.7. The first kappa shape index (κ1) is 28.5. The summed E-state index contributed by atoms with van der Waals surface area (Å²) in [4.78, 5) is 19.4. The fourth-order valence-electron chi connectivity index (χ4n) is 5.92. The third-order valence-corrected chi connectivity index (χ3v) is 8.04. The molecular formula is C23H20F7N4O5P. The Hall–Kier alpha value is -3.07. The molecule has 0 radical (unpaired) electrons. The molecule has 216 valence electrons. The fourth-order valence-corrected chi connectivity index (χ4v) is 6.59. The van der Waals surface area contributed by atoms with Crippen molar-refractivity contribution >= 4 is 7.82 Å². The van der Waals surface area contributed by atoms with Gasteiger partial charge in [0, 0.05) is 17.0 Å². The lowest BCUT2D eigenvalue weighted by Crippen LogP contribution is -2.76. The molecule has 3 aliphatic rings. The maximum Gasteiger partial charge on any atom is 0.470 e. The molecule has 17 heteroatoms. The van der Waals surface area contributed by atoms with Gasteiger partial charge >= 0.3 is 14.0 Å². The average molecular weight is 596 g/mol. The van der Waals surface area contributed by atoms with Gasteiger partial charge in [-0.1, -0.05) is 12.1 Å². The van der Waals surface area contributed by atoms with Crippen molar-refractivity contribution in [2.75, 3.05) is 6.61 Å². The molecule has 3 fully saturated rings. The Labute approximate surface area is 221 Å². The van der Waals surface area contributed by atoms with E-state index in [0.29, 0.717) is 22.4 Å². The minimum atomic E-state index is -5.75. The van der Waals surface area contributed by atoms with Gasteiger partial charge in [0.1, 0.15) is 23.7 Å². The van der Waals surface area contributed by atoms with E-state index in [4.69, 9.17) is 4.52 Å². The van der Waals surface area contributed by atoms with Crippen LogP contribution in [0.4, 0.5) is 30.7 Å². The van der Waals surface area contributed by atoms with Crippen molar-refractivity contribution in [3.8, 4) is 5.75 Å². The van der Waals surface area contributed by atoms with E-state index >= 15 is 13.2 Å². The van der Waals surface area contributed by atoms with E-state index in [-0.39, 0.29) is 31.1 Å². The Bertz CT molecular complexity index is 1430. The van der Waals surface area contributed by atoms with E-state index in [1.54, 1.807) is 0 Å². The van der Waals surface area contributed by atoms with Gasteiger partial charge in [-0.25, -0.2) is 26.8 Å². The van der Waals surface area contributed by atoms with E-state index in [0.717, 1.165) is 6.33 Å². The summed E-state index contributed by atoms with van der Waals surface area (Å²) in [6, 6.07) is 7.02. The summed E-state index contributed by atoms with van der Waals surface area (Å²) in [5.41, 5.74) is -6.58. The lowest BCUT2D eigenvalue weighted by Gasteiger charge is -2.74. The second-order valence-corrected chi connectivity index (χ2v) is 11.3. The summed E-state index contributed by atoms with van der Waals surface area (Å²) in [6.07, 6.45) is -4.35. The monoisotopic (exact) mass is 596 g/mol. The zero-order valence-corrected chi connectivity index (χ0v) is 21.0. The molecule has 0 aliphatic heterocycles. The SMILES string of the molecule is O=P(O)(O)O[C@@](Cn1cnnn1)(c1ccc(F)cc1F)C(F)(F)C12CC(c3ccc(OCC(F)(F)F)cc3)(C1)C2. The number of halogens is 7. The quantitative estimate of drug-likeness (QED) is 0.257. The number of hydrogen-bond acceptors (Lipinski definition) is 6. The molecule has 1 atom stereocenters. The minimum absolute atomic E-state index is 0.0741. The van der Waals surface area contributed by atoms with E-state index in [9.17, 15) is 31.9 Å². The van der Waals surface area contributed by atoms with Gasteiger partial charge in [-0.2, -0.15) is 13.2 Å². The number of rotatable bonds is 10. The highest BCUT2D eigenvalue weighted by atomic mass is 31.2. The van der Waals surface area contributed by atoms with Crippen molar-refractivity contribution in [3.05, 3.63) is 71.6 Å². The molecule has 0 unspecified atom stereocenters. The van der Waals surface area contributed by atoms with E-state index in [1.807, 2.05) is 0 Å². The standard InChI is InChI=1S/C23H20F7N4O5P/c24-15-3-6-17(18(25)7-15)21(39-40(35,36)37,11-34-13-31-32-33-34)23(29,30)20-8-19(9-20,10-20)14-1-4-16(5-2-14)38-12-22(26,27)28/h1-7,13H,8-12H2,(H2,35,36,37)/t19?,20?,21-/m0/s1. The molecule has 1 aromatic heterocycles. The molecule has 1 heterocycles. The van der Waals surface area contributed by atoms with Gasteiger partial charge in [0.2, 0.25) is 0 Å². The van der Waals surface area contributed by atoms with E-state index in [2.05, 4.69) is 20.3 Å². The van der Waals surface area contributed by atoms with Crippen LogP contribution >= 0.6 is 7.82 Å². The Kier molecular flexibility index (Phi) is 6.56. The van der Waals surface area contributed by atoms with Crippen molar-refractivity contribution < 1.29 is 54.3 Å². The summed E-state index contributed by atoms with van der Waals surface area (Å²) in [5.74, 6) is -6.90. The number of phosphoric acid groups is 1. The molecule has 2 bridgehead atoms. The lowest BCUT2D eigenvalue weighted by atomic mass is 9.30. The van der Waals surface area contributed by atoms with E-state index in [1.165, 1.54) is 24.3 Å². The second-order valence-electron chi connectivity index (χ2n) is 10.1. The highest BCUT2D eigenvalue weighted by molar-refractivity contribution is 7.46. The summed E-state index contributed by atoms with van der Waals surface area (Å²) in [7, 11) is -5.75. The number of hydrogen-bond donors (Lipinski definition) is 2. The highest BCUT2D eigenvalue weighted by Gasteiger charge is 2.83. The Balaban J connectivity index is 1.49. The lowest BCUT2D eigenvalue weighted by molar-refractivity contribution is -0.343. The van der Waals surface area contributed by atoms with Crippen LogP contribution in [0.2, 0.25) is 0 Å². The molecule has 0 saturated heterocycles. The van der Waals surface area contributed by atoms with Crippen molar-refractivity contribution in [2.45, 2.75) is 48.9 Å². The summed E-state index contributed by atoms with van der Waals surface area (Å²) in [5, 5.41) is 10.1. The molecule has 0 amide bonds. The first-order valence-corrected chi connectivity index (χ1v) is 13.1. The van der Waals surface area contributed by atoms with Crippen molar-refractivity contribution in [1.82, 2.24) is 20.2 Å². The molecule has 9 nitrogen and oxygen atoms in total. The van der Waals surface area contributed by atoms with Crippen molar-refractivity contribution in [1.29, 1.82) is 0 Å². The van der Waals surface area contributed by atoms with Gasteiger partial charge in [-0.15, -0.1) is 5.10 Å². The predicted octanol–water partition coefficient (Wildman–Crippen LogP) is 4.65.